The molecule has 0 spiro atoms. The van der Waals surface area contributed by atoms with Crippen LogP contribution in [0.15, 0.2) is 41.9 Å². The number of thioether (sulfide) groups is 1. The first kappa shape index (κ1) is 21.6. The Balaban J connectivity index is 1.65. The molecule has 1 aromatic carbocycles. The van der Waals surface area contributed by atoms with Crippen molar-refractivity contribution in [1.82, 2.24) is 9.88 Å². The van der Waals surface area contributed by atoms with Crippen LogP contribution in [0.5, 0.6) is 0 Å². The molecule has 6 N–H and O–H groups in total. The molecule has 1 aliphatic rings. The molecule has 0 bridgehead atoms. The molecular weight excluding hydrogens is 378 g/mol. The van der Waals surface area contributed by atoms with Crippen LogP contribution in [-0.2, 0) is 0 Å². The molecule has 2 heterocycles. The van der Waals surface area contributed by atoms with E-state index in [4.69, 9.17) is 11.5 Å². The Kier molecular flexibility index (Phi) is 7.86. The predicted octanol–water partition coefficient (Wildman–Crippen LogP) is 4.24. The van der Waals surface area contributed by atoms with Gasteiger partial charge in [-0.1, -0.05) is 43.7 Å². The zero-order valence-corrected chi connectivity index (χ0v) is 18.3. The van der Waals surface area contributed by atoms with E-state index in [2.05, 4.69) is 64.9 Å². The summed E-state index contributed by atoms with van der Waals surface area (Å²) in [7, 11) is 2.16. The Labute approximate surface area is 178 Å². The standard InChI is InChI=1S/C23H33N5S/c1-3-17(9-10-24)14-28(2)16-29-15-22(25)21-13-27-23-20(21)11-19(12-26-23)18-7-5-4-6-8-18/h4-8,11,13,15,17,26-27H,3,9-10,12,14,16,24-25H2,1-2H3/b22-15-. The van der Waals surface area contributed by atoms with Crippen LogP contribution < -0.4 is 16.8 Å². The molecule has 0 amide bonds. The summed E-state index contributed by atoms with van der Waals surface area (Å²) in [4.78, 5) is 5.67. The number of rotatable bonds is 10. The average Bonchev–Trinajstić information content (AvgIpc) is 3.17. The molecule has 1 unspecified atom stereocenters. The third kappa shape index (κ3) is 5.69. The summed E-state index contributed by atoms with van der Waals surface area (Å²) >= 11 is 1.74. The van der Waals surface area contributed by atoms with Crippen molar-refractivity contribution in [2.75, 3.05) is 37.9 Å². The van der Waals surface area contributed by atoms with Gasteiger partial charge in [0.15, 0.2) is 0 Å². The minimum atomic E-state index is 0.663. The Bertz CT molecular complexity index is 840. The number of nitrogens with zero attached hydrogens (tertiary/aromatic N) is 1. The summed E-state index contributed by atoms with van der Waals surface area (Å²) in [5.74, 6) is 2.61. The summed E-state index contributed by atoms with van der Waals surface area (Å²) in [6, 6.07) is 10.5. The molecule has 29 heavy (non-hydrogen) atoms. The monoisotopic (exact) mass is 411 g/mol. The van der Waals surface area contributed by atoms with E-state index in [0.29, 0.717) is 5.92 Å². The second-order valence-electron chi connectivity index (χ2n) is 7.64. The fraction of sp³-hybridized carbons (Fsp3) is 0.391. The molecule has 0 saturated heterocycles. The second-order valence-corrected chi connectivity index (χ2v) is 8.47. The van der Waals surface area contributed by atoms with Gasteiger partial charge in [-0.25, -0.2) is 0 Å². The number of aromatic amines is 1. The molecule has 0 fully saturated rings. The number of hydrogen-bond acceptors (Lipinski definition) is 5. The van der Waals surface area contributed by atoms with Crippen molar-refractivity contribution in [3.05, 3.63) is 58.6 Å². The molecule has 3 rings (SSSR count). The number of nitrogens with one attached hydrogen (secondary N) is 2. The maximum atomic E-state index is 6.44. The van der Waals surface area contributed by atoms with Crippen LogP contribution in [0.25, 0.3) is 17.3 Å². The lowest BCUT2D eigenvalue weighted by atomic mass is 9.99. The van der Waals surface area contributed by atoms with Crippen LogP contribution in [0.3, 0.4) is 0 Å². The molecule has 1 aromatic heterocycles. The third-order valence-corrected chi connectivity index (χ3v) is 6.39. The zero-order chi connectivity index (χ0) is 20.6. The summed E-state index contributed by atoms with van der Waals surface area (Å²) in [6.45, 7) is 4.87. The smallest absolute Gasteiger partial charge is 0.111 e. The fourth-order valence-corrected chi connectivity index (χ4v) is 4.43. The van der Waals surface area contributed by atoms with E-state index in [1.54, 1.807) is 11.8 Å². The van der Waals surface area contributed by atoms with E-state index in [1.807, 2.05) is 12.3 Å². The summed E-state index contributed by atoms with van der Waals surface area (Å²) < 4.78 is 0. The maximum Gasteiger partial charge on any atom is 0.111 e. The minimum Gasteiger partial charge on any atom is -0.398 e. The summed E-state index contributed by atoms with van der Waals surface area (Å²) in [5, 5.41) is 5.53. The molecule has 0 aliphatic carbocycles. The number of H-pyrrole nitrogens is 1. The van der Waals surface area contributed by atoms with Crippen molar-refractivity contribution in [2.45, 2.75) is 19.8 Å². The Morgan fingerprint density at radius 3 is 2.83 bits per heavy atom. The van der Waals surface area contributed by atoms with Gasteiger partial charge in [0.2, 0.25) is 0 Å². The van der Waals surface area contributed by atoms with E-state index in [1.165, 1.54) is 17.6 Å². The van der Waals surface area contributed by atoms with E-state index in [-0.39, 0.29) is 0 Å². The van der Waals surface area contributed by atoms with Gasteiger partial charge < -0.3 is 21.8 Å². The molecule has 156 valence electrons. The van der Waals surface area contributed by atoms with Gasteiger partial charge in [0.1, 0.15) is 5.82 Å². The first-order valence-electron chi connectivity index (χ1n) is 10.3. The van der Waals surface area contributed by atoms with Crippen molar-refractivity contribution in [3.63, 3.8) is 0 Å². The van der Waals surface area contributed by atoms with Crippen LogP contribution in [0.4, 0.5) is 5.82 Å². The van der Waals surface area contributed by atoms with Gasteiger partial charge in [-0.15, -0.1) is 11.8 Å². The van der Waals surface area contributed by atoms with E-state index >= 15 is 0 Å². The van der Waals surface area contributed by atoms with Crippen molar-refractivity contribution < 1.29 is 0 Å². The van der Waals surface area contributed by atoms with Crippen LogP contribution in [0.2, 0.25) is 0 Å². The lowest BCUT2D eigenvalue weighted by Gasteiger charge is -2.22. The minimum absolute atomic E-state index is 0.663. The van der Waals surface area contributed by atoms with Gasteiger partial charge in [0.05, 0.1) is 0 Å². The first-order valence-corrected chi connectivity index (χ1v) is 11.3. The maximum absolute atomic E-state index is 6.44. The van der Waals surface area contributed by atoms with Crippen LogP contribution in [0.1, 0.15) is 36.5 Å². The highest BCUT2D eigenvalue weighted by Crippen LogP contribution is 2.33. The average molecular weight is 412 g/mol. The van der Waals surface area contributed by atoms with Crippen molar-refractivity contribution in [2.24, 2.45) is 17.4 Å². The van der Waals surface area contributed by atoms with Gasteiger partial charge in [-0.05, 0) is 48.6 Å². The molecule has 5 nitrogen and oxygen atoms in total. The lowest BCUT2D eigenvalue weighted by molar-refractivity contribution is 0.299. The van der Waals surface area contributed by atoms with Gasteiger partial charge in [-0.3, -0.25) is 4.90 Å². The molecule has 2 aromatic rings. The fourth-order valence-electron chi connectivity index (χ4n) is 3.69. The van der Waals surface area contributed by atoms with Crippen LogP contribution >= 0.6 is 11.8 Å². The molecule has 0 radical (unpaired) electrons. The molecule has 1 aliphatic heterocycles. The van der Waals surface area contributed by atoms with E-state index in [9.17, 15) is 0 Å². The second kappa shape index (κ2) is 10.6. The van der Waals surface area contributed by atoms with Gasteiger partial charge in [0.25, 0.3) is 0 Å². The molecule has 0 saturated carbocycles. The SMILES string of the molecule is CCC(CCN)CN(C)CS/C=C(\N)c1c[nH]c2c1C=C(c1ccccc1)CN2. The van der Waals surface area contributed by atoms with Gasteiger partial charge in [0, 0.05) is 42.0 Å². The highest BCUT2D eigenvalue weighted by atomic mass is 32.2. The predicted molar refractivity (Wildman–Crippen MR) is 128 cm³/mol. The number of hydrogen-bond donors (Lipinski definition) is 4. The number of nitrogens with two attached hydrogens (primary N) is 2. The van der Waals surface area contributed by atoms with E-state index in [0.717, 1.165) is 54.6 Å². The normalized spacial score (nSPS) is 15.0. The molecule has 6 heteroatoms. The molecular formula is C23H33N5S. The Morgan fingerprint density at radius 2 is 2.10 bits per heavy atom. The van der Waals surface area contributed by atoms with Crippen molar-refractivity contribution in [3.8, 4) is 0 Å². The topological polar surface area (TPSA) is 83.1 Å². The van der Waals surface area contributed by atoms with E-state index < -0.39 is 0 Å². The van der Waals surface area contributed by atoms with Gasteiger partial charge in [-0.2, -0.15) is 0 Å². The number of fused-ring (bicyclic) bond motifs is 1. The first-order chi connectivity index (χ1) is 14.1. The van der Waals surface area contributed by atoms with Gasteiger partial charge >= 0.3 is 0 Å². The number of benzene rings is 1. The van der Waals surface area contributed by atoms with Crippen LogP contribution in [-0.4, -0.2) is 42.4 Å². The Hall–Kier alpha value is -2.15. The third-order valence-electron chi connectivity index (χ3n) is 5.38. The highest BCUT2D eigenvalue weighted by molar-refractivity contribution is 8.02. The van der Waals surface area contributed by atoms with Crippen LogP contribution in [0, 0.1) is 5.92 Å². The Morgan fingerprint density at radius 1 is 1.31 bits per heavy atom. The highest BCUT2D eigenvalue weighted by Gasteiger charge is 2.17. The summed E-state index contributed by atoms with van der Waals surface area (Å²) in [5.41, 5.74) is 17.6. The lowest BCUT2D eigenvalue weighted by Crippen LogP contribution is -2.26. The van der Waals surface area contributed by atoms with Crippen molar-refractivity contribution >= 4 is 34.9 Å². The van der Waals surface area contributed by atoms with Crippen molar-refractivity contribution in [1.29, 1.82) is 0 Å². The zero-order valence-electron chi connectivity index (χ0n) is 17.4. The quantitative estimate of drug-likeness (QED) is 0.440. The number of aromatic nitrogens is 1. The number of anilines is 1. The molecule has 1 atom stereocenters. The summed E-state index contributed by atoms with van der Waals surface area (Å²) in [6.07, 6.45) is 6.49. The largest absolute Gasteiger partial charge is 0.398 e.